The van der Waals surface area contributed by atoms with Gasteiger partial charge in [0.25, 0.3) is 0 Å². The van der Waals surface area contributed by atoms with Crippen LogP contribution in [0.15, 0.2) is 199 Å². The topological polar surface area (TPSA) is 122 Å². The molecule has 0 atom stereocenters. The molecule has 0 radical (unpaired) electrons. The molecule has 374 valence electrons. The van der Waals surface area contributed by atoms with Crippen molar-refractivity contribution in [1.82, 2.24) is 14.6 Å². The summed E-state index contributed by atoms with van der Waals surface area (Å²) in [5.74, 6) is 3.72. The average Bonchev–Trinajstić information content (AvgIpc) is 3.28. The molecular formula is C56H62N4O8P4. The number of rotatable bonds is 16. The molecule has 72 heavy (non-hydrogen) atoms. The molecule has 0 spiro atoms. The van der Waals surface area contributed by atoms with E-state index in [2.05, 4.69) is 14.6 Å². The van der Waals surface area contributed by atoms with Crippen LogP contribution in [0.1, 0.15) is 44.5 Å². The first kappa shape index (κ1) is 50.5. The first-order valence-corrected chi connectivity index (χ1v) is 30.7. The molecule has 16 heteroatoms. The number of hydrogen-bond donors (Lipinski definition) is 3. The van der Waals surface area contributed by atoms with Crippen molar-refractivity contribution >= 4 is 31.7 Å². The van der Waals surface area contributed by atoms with Crippen molar-refractivity contribution in [2.75, 3.05) is 0 Å². The summed E-state index contributed by atoms with van der Waals surface area (Å²) >= 11 is 0. The molecule has 3 N–H and O–H groups in total. The number of hydrogen-bond acceptors (Lipinski definition) is 12. The SMILES string of the molecule is Cc1cccc(OP2(Oc3cccc(C)c3)=N[PH](Oc3cccc(C)c3)(Oc3cccc(C)c3)N[PH](Oc3cccc(C)c3)(Oc3cccc(C)c3)N[PH](Oc3cccc(C)c3)(Oc3cccc(C)c3)N2)c1. The molecular weight excluding hydrogens is 981 g/mol. The van der Waals surface area contributed by atoms with Crippen LogP contribution in [0.25, 0.3) is 0 Å². The van der Waals surface area contributed by atoms with Crippen LogP contribution in [0.5, 0.6) is 46.0 Å². The summed E-state index contributed by atoms with van der Waals surface area (Å²) < 4.78 is 65.4. The van der Waals surface area contributed by atoms with Gasteiger partial charge in [-0.15, -0.1) is 0 Å². The van der Waals surface area contributed by atoms with Gasteiger partial charge in [-0.3, -0.25) is 0 Å². The molecule has 0 saturated heterocycles. The Morgan fingerprint density at radius 3 is 0.847 bits per heavy atom. The molecule has 1 heterocycles. The van der Waals surface area contributed by atoms with Crippen molar-refractivity contribution in [2.24, 2.45) is 4.52 Å². The van der Waals surface area contributed by atoms with Gasteiger partial charge in [0, 0.05) is 0 Å². The number of benzene rings is 8. The fourth-order valence-corrected chi connectivity index (χ4v) is 23.9. The van der Waals surface area contributed by atoms with E-state index in [1.165, 1.54) is 0 Å². The minimum atomic E-state index is -4.73. The van der Waals surface area contributed by atoms with Gasteiger partial charge in [0.2, 0.25) is 0 Å². The first-order chi connectivity index (χ1) is 34.6. The van der Waals surface area contributed by atoms with Crippen LogP contribution in [0, 0.1) is 55.4 Å². The Hall–Kier alpha value is -6.44. The maximum atomic E-state index is 7.47. The Labute approximate surface area is 425 Å². The minimum absolute atomic E-state index is 0.450. The first-order valence-electron chi connectivity index (χ1n) is 23.7. The molecule has 1 aliphatic heterocycles. The third-order valence-electron chi connectivity index (χ3n) is 11.1. The van der Waals surface area contributed by atoms with Crippen LogP contribution in [-0.4, -0.2) is 0 Å². The van der Waals surface area contributed by atoms with E-state index in [1.54, 1.807) is 0 Å². The zero-order valence-corrected chi connectivity index (χ0v) is 45.5. The molecule has 0 unspecified atom stereocenters. The molecule has 12 nitrogen and oxygen atoms in total. The molecule has 0 amide bonds. The van der Waals surface area contributed by atoms with E-state index in [0.29, 0.717) is 46.0 Å². The monoisotopic (exact) mass is 1040 g/mol. The van der Waals surface area contributed by atoms with Crippen molar-refractivity contribution < 1.29 is 36.2 Å². The van der Waals surface area contributed by atoms with Gasteiger partial charge in [-0.1, -0.05) is 0 Å². The summed E-state index contributed by atoms with van der Waals surface area (Å²) in [5.41, 5.74) is 7.60. The van der Waals surface area contributed by atoms with Gasteiger partial charge < -0.3 is 0 Å². The second-order valence-corrected chi connectivity index (χ2v) is 28.1. The Morgan fingerprint density at radius 2 is 0.556 bits per heavy atom. The maximum absolute atomic E-state index is 7.47. The van der Waals surface area contributed by atoms with E-state index < -0.39 is 31.7 Å². The second-order valence-electron chi connectivity index (χ2n) is 18.1. The van der Waals surface area contributed by atoms with Gasteiger partial charge in [0.1, 0.15) is 0 Å². The molecule has 1 aliphatic rings. The quantitative estimate of drug-likeness (QED) is 0.0802. The van der Waals surface area contributed by atoms with Crippen molar-refractivity contribution in [3.63, 3.8) is 0 Å². The van der Waals surface area contributed by atoms with Gasteiger partial charge in [-0.05, 0) is 0 Å². The number of nitrogens with one attached hydrogen (secondary N) is 3. The summed E-state index contributed by atoms with van der Waals surface area (Å²) in [5, 5.41) is 0. The van der Waals surface area contributed by atoms with Crippen LogP contribution in [0.2, 0.25) is 0 Å². The fourth-order valence-electron chi connectivity index (χ4n) is 8.04. The van der Waals surface area contributed by atoms with Crippen LogP contribution in [0.4, 0.5) is 0 Å². The Kier molecular flexibility index (Phi) is 15.2. The van der Waals surface area contributed by atoms with Crippen LogP contribution >= 0.6 is 31.7 Å². The van der Waals surface area contributed by atoms with Crippen molar-refractivity contribution in [3.05, 3.63) is 239 Å². The molecule has 9 rings (SSSR count). The zero-order valence-electron chi connectivity index (χ0n) is 41.6. The molecule has 0 fully saturated rings. The molecule has 8 aromatic carbocycles. The standard InChI is InChI=1S/C56H62N4O8P4/c1-41-17-9-25-49(33-41)61-69(62-50-26-10-18-42(2)34-50)57-70(63-51-27-11-19-43(3)35-51,64-52-28-12-20-44(4)36-52)59-72(67-55-31-15-23-47(7)39-55,68-56-32-16-24-48(8)40-56)60-71(58-69,65-53-29-13-21-45(5)37-53)66-54-30-14-22-46(6)38-54/h9-40,57-59,69-71H,1-8H3. The van der Waals surface area contributed by atoms with Gasteiger partial charge in [-0.2, -0.15) is 0 Å². The normalized spacial score (nSPS) is 16.7. The Morgan fingerprint density at radius 1 is 0.306 bits per heavy atom. The molecule has 0 aromatic heterocycles. The molecule has 8 aromatic rings. The Bertz CT molecular complexity index is 3070. The van der Waals surface area contributed by atoms with Crippen molar-refractivity contribution in [2.45, 2.75) is 55.4 Å². The molecule has 0 bridgehead atoms. The van der Waals surface area contributed by atoms with E-state index in [-0.39, 0.29) is 0 Å². The van der Waals surface area contributed by atoms with E-state index in [4.69, 9.17) is 40.7 Å². The van der Waals surface area contributed by atoms with Gasteiger partial charge in [0.05, 0.1) is 0 Å². The van der Waals surface area contributed by atoms with Crippen LogP contribution < -0.4 is 50.8 Å². The van der Waals surface area contributed by atoms with Crippen molar-refractivity contribution in [1.29, 1.82) is 0 Å². The predicted octanol–water partition coefficient (Wildman–Crippen LogP) is 16.0. The van der Waals surface area contributed by atoms with Crippen LogP contribution in [-0.2, 0) is 0 Å². The predicted molar refractivity (Wildman–Crippen MR) is 298 cm³/mol. The van der Waals surface area contributed by atoms with Gasteiger partial charge in [0.15, 0.2) is 0 Å². The fraction of sp³-hybridized carbons (Fsp3) is 0.143. The van der Waals surface area contributed by atoms with Crippen molar-refractivity contribution in [3.8, 4) is 46.0 Å². The second kappa shape index (κ2) is 21.7. The van der Waals surface area contributed by atoms with Crippen LogP contribution in [0.3, 0.4) is 0 Å². The average molecular weight is 1040 g/mol. The van der Waals surface area contributed by atoms with Gasteiger partial charge in [-0.25, -0.2) is 0 Å². The third kappa shape index (κ3) is 13.1. The van der Waals surface area contributed by atoms with E-state index in [0.717, 1.165) is 44.5 Å². The summed E-state index contributed by atoms with van der Waals surface area (Å²) in [7, 11) is -18.2. The summed E-state index contributed by atoms with van der Waals surface area (Å²) in [6.07, 6.45) is 0. The summed E-state index contributed by atoms with van der Waals surface area (Å²) in [4.78, 5) is 11.6. The Balaban J connectivity index is 1.44. The molecule has 0 aliphatic carbocycles. The third-order valence-corrected chi connectivity index (χ3v) is 24.8. The molecule has 0 saturated carbocycles. The van der Waals surface area contributed by atoms with E-state index in [9.17, 15) is 0 Å². The van der Waals surface area contributed by atoms with E-state index in [1.807, 2.05) is 250 Å². The summed E-state index contributed by atoms with van der Waals surface area (Å²) in [6, 6.07) is 61.9. The van der Waals surface area contributed by atoms with Gasteiger partial charge >= 0.3 is 427 Å². The zero-order chi connectivity index (χ0) is 50.4. The van der Waals surface area contributed by atoms with E-state index >= 15 is 0 Å². The number of nitrogens with zero attached hydrogens (tertiary/aromatic N) is 1. The summed E-state index contributed by atoms with van der Waals surface area (Å²) in [6.45, 7) is 16.0. The number of aryl methyl sites for hydroxylation is 8.